The lowest BCUT2D eigenvalue weighted by Gasteiger charge is -2.32. The average molecular weight is 276 g/mol. The Bertz CT molecular complexity index is 535. The van der Waals surface area contributed by atoms with Crippen LogP contribution >= 0.6 is 0 Å². The smallest absolute Gasteiger partial charge is 0.310 e. The Labute approximate surface area is 116 Å². The Balaban J connectivity index is 2.16. The molecule has 6 heteroatoms. The number of carbonyl (C=O) groups excluding carboxylic acids is 2. The molecule has 0 saturated carbocycles. The first-order valence-corrected chi connectivity index (χ1v) is 6.27. The predicted octanol–water partition coefficient (Wildman–Crippen LogP) is 0.680. The molecule has 1 aliphatic heterocycles. The maximum absolute atomic E-state index is 11.6. The molecule has 2 rings (SSSR count). The fourth-order valence-electron chi connectivity index (χ4n) is 2.03. The molecule has 1 atom stereocenters. The highest BCUT2D eigenvalue weighted by Gasteiger charge is 2.28. The first-order chi connectivity index (χ1) is 9.40. The fraction of sp³-hybridized carbons (Fsp3) is 0.357. The molecule has 1 heterocycles. The number of benzene rings is 1. The molecule has 1 saturated heterocycles. The molecule has 0 bridgehead atoms. The Morgan fingerprint density at radius 3 is 2.10 bits per heavy atom. The zero-order chi connectivity index (χ0) is 14.9. The van der Waals surface area contributed by atoms with Crippen molar-refractivity contribution in [3.8, 4) is 0 Å². The van der Waals surface area contributed by atoms with Gasteiger partial charge in [0.05, 0.1) is 19.0 Å². The standard InChI is InChI=1S/C14H16N2O4/c1-9(14(19)20)10-3-5-11(6-4-10)16-7-12(17)15(2)13(18)8-16/h3-6,9H,7-8H2,1-2H3,(H,19,20). The van der Waals surface area contributed by atoms with Gasteiger partial charge < -0.3 is 10.0 Å². The second-order valence-electron chi connectivity index (χ2n) is 4.85. The van der Waals surface area contributed by atoms with Gasteiger partial charge in [0.25, 0.3) is 0 Å². The van der Waals surface area contributed by atoms with Gasteiger partial charge >= 0.3 is 5.97 Å². The van der Waals surface area contributed by atoms with Crippen LogP contribution in [-0.2, 0) is 14.4 Å². The van der Waals surface area contributed by atoms with Crippen molar-refractivity contribution in [3.63, 3.8) is 0 Å². The molecule has 0 radical (unpaired) electrons. The van der Waals surface area contributed by atoms with Gasteiger partial charge in [0, 0.05) is 12.7 Å². The lowest BCUT2D eigenvalue weighted by Crippen LogP contribution is -2.52. The van der Waals surface area contributed by atoms with Crippen molar-refractivity contribution < 1.29 is 19.5 Å². The van der Waals surface area contributed by atoms with E-state index in [2.05, 4.69) is 0 Å². The highest BCUT2D eigenvalue weighted by Crippen LogP contribution is 2.22. The van der Waals surface area contributed by atoms with Crippen molar-refractivity contribution in [1.82, 2.24) is 4.90 Å². The number of carbonyl (C=O) groups is 3. The highest BCUT2D eigenvalue weighted by molar-refractivity contribution is 6.02. The predicted molar refractivity (Wildman–Crippen MR) is 72.5 cm³/mol. The second-order valence-corrected chi connectivity index (χ2v) is 4.85. The van der Waals surface area contributed by atoms with Crippen molar-refractivity contribution in [2.45, 2.75) is 12.8 Å². The molecule has 1 aliphatic rings. The van der Waals surface area contributed by atoms with E-state index < -0.39 is 11.9 Å². The van der Waals surface area contributed by atoms with Gasteiger partial charge in [-0.1, -0.05) is 12.1 Å². The highest BCUT2D eigenvalue weighted by atomic mass is 16.4. The zero-order valence-corrected chi connectivity index (χ0v) is 11.4. The molecule has 0 spiro atoms. The van der Waals surface area contributed by atoms with E-state index in [1.54, 1.807) is 36.1 Å². The maximum atomic E-state index is 11.6. The number of piperazine rings is 1. The molecule has 0 aromatic heterocycles. The van der Waals surface area contributed by atoms with Crippen molar-refractivity contribution in [1.29, 1.82) is 0 Å². The molecule has 0 aliphatic carbocycles. The van der Waals surface area contributed by atoms with Crippen LogP contribution in [0.4, 0.5) is 5.69 Å². The van der Waals surface area contributed by atoms with E-state index in [4.69, 9.17) is 5.11 Å². The van der Waals surface area contributed by atoms with Crippen LogP contribution in [0.5, 0.6) is 0 Å². The molecule has 1 fully saturated rings. The van der Waals surface area contributed by atoms with Gasteiger partial charge in [-0.05, 0) is 24.6 Å². The first kappa shape index (κ1) is 14.0. The molecule has 1 N–H and O–H groups in total. The van der Waals surface area contributed by atoms with Gasteiger partial charge in [-0.25, -0.2) is 0 Å². The van der Waals surface area contributed by atoms with Gasteiger partial charge in [-0.3, -0.25) is 19.3 Å². The Morgan fingerprint density at radius 2 is 1.65 bits per heavy atom. The fourth-order valence-corrected chi connectivity index (χ4v) is 2.03. The van der Waals surface area contributed by atoms with Crippen LogP contribution in [-0.4, -0.2) is 47.9 Å². The largest absolute Gasteiger partial charge is 0.481 e. The first-order valence-electron chi connectivity index (χ1n) is 6.27. The van der Waals surface area contributed by atoms with Crippen LogP contribution in [0.2, 0.25) is 0 Å². The number of carboxylic acids is 1. The number of hydrogen-bond acceptors (Lipinski definition) is 4. The number of likely N-dealkylation sites (N-methyl/N-ethyl adjacent to an activating group) is 1. The monoisotopic (exact) mass is 276 g/mol. The minimum atomic E-state index is -0.886. The Hall–Kier alpha value is -2.37. The summed E-state index contributed by atoms with van der Waals surface area (Å²) in [6.07, 6.45) is 0. The Morgan fingerprint density at radius 1 is 1.15 bits per heavy atom. The average Bonchev–Trinajstić information content (AvgIpc) is 2.43. The summed E-state index contributed by atoms with van der Waals surface area (Å²) in [4.78, 5) is 37.0. The normalized spacial score (nSPS) is 17.3. The lowest BCUT2D eigenvalue weighted by molar-refractivity contribution is -0.143. The van der Waals surface area contributed by atoms with E-state index in [1.807, 2.05) is 0 Å². The minimum Gasteiger partial charge on any atom is -0.481 e. The van der Waals surface area contributed by atoms with Crippen LogP contribution in [0.25, 0.3) is 0 Å². The Kier molecular flexibility index (Phi) is 3.74. The van der Waals surface area contributed by atoms with E-state index in [-0.39, 0.29) is 24.9 Å². The summed E-state index contributed by atoms with van der Waals surface area (Å²) in [5.41, 5.74) is 1.43. The van der Waals surface area contributed by atoms with Crippen LogP contribution < -0.4 is 4.90 Å². The van der Waals surface area contributed by atoms with E-state index in [9.17, 15) is 14.4 Å². The van der Waals surface area contributed by atoms with Gasteiger partial charge in [0.2, 0.25) is 11.8 Å². The molecule has 1 aromatic rings. The lowest BCUT2D eigenvalue weighted by atomic mass is 10.0. The summed E-state index contributed by atoms with van der Waals surface area (Å²) in [5, 5.41) is 8.95. The third-order valence-electron chi connectivity index (χ3n) is 3.53. The third-order valence-corrected chi connectivity index (χ3v) is 3.53. The molecular formula is C14H16N2O4. The number of rotatable bonds is 3. The molecular weight excluding hydrogens is 260 g/mol. The summed E-state index contributed by atoms with van der Waals surface area (Å²) in [7, 11) is 1.47. The van der Waals surface area contributed by atoms with E-state index in [0.717, 1.165) is 10.6 Å². The van der Waals surface area contributed by atoms with Gasteiger partial charge in [-0.2, -0.15) is 0 Å². The third kappa shape index (κ3) is 2.64. The molecule has 2 amide bonds. The van der Waals surface area contributed by atoms with Crippen molar-refractivity contribution in [2.75, 3.05) is 25.0 Å². The zero-order valence-electron chi connectivity index (χ0n) is 11.4. The van der Waals surface area contributed by atoms with Crippen molar-refractivity contribution in [3.05, 3.63) is 29.8 Å². The minimum absolute atomic E-state index is 0.149. The molecule has 20 heavy (non-hydrogen) atoms. The maximum Gasteiger partial charge on any atom is 0.310 e. The molecule has 106 valence electrons. The molecule has 6 nitrogen and oxygen atoms in total. The summed E-state index contributed by atoms with van der Waals surface area (Å²) >= 11 is 0. The molecule has 1 aromatic carbocycles. The summed E-state index contributed by atoms with van der Waals surface area (Å²) in [6.45, 7) is 1.91. The van der Waals surface area contributed by atoms with E-state index in [0.29, 0.717) is 5.56 Å². The summed E-state index contributed by atoms with van der Waals surface area (Å²) in [6, 6.07) is 6.89. The van der Waals surface area contributed by atoms with E-state index >= 15 is 0 Å². The number of anilines is 1. The van der Waals surface area contributed by atoms with Gasteiger partial charge in [0.15, 0.2) is 0 Å². The van der Waals surface area contributed by atoms with Gasteiger partial charge in [0.1, 0.15) is 0 Å². The summed E-state index contributed by atoms with van der Waals surface area (Å²) in [5.74, 6) is -1.96. The number of hydrogen-bond donors (Lipinski definition) is 1. The van der Waals surface area contributed by atoms with Crippen LogP contribution in [0, 0.1) is 0 Å². The number of nitrogens with zero attached hydrogens (tertiary/aromatic N) is 2. The number of imide groups is 1. The second kappa shape index (κ2) is 5.32. The van der Waals surface area contributed by atoms with Crippen LogP contribution in [0.3, 0.4) is 0 Å². The van der Waals surface area contributed by atoms with Crippen molar-refractivity contribution in [2.24, 2.45) is 0 Å². The molecule has 1 unspecified atom stereocenters. The summed E-state index contributed by atoms with van der Waals surface area (Å²) < 4.78 is 0. The number of aliphatic carboxylic acids is 1. The van der Waals surface area contributed by atoms with Crippen LogP contribution in [0.15, 0.2) is 24.3 Å². The van der Waals surface area contributed by atoms with Crippen molar-refractivity contribution >= 4 is 23.5 Å². The van der Waals surface area contributed by atoms with E-state index in [1.165, 1.54) is 7.05 Å². The topological polar surface area (TPSA) is 77.9 Å². The quantitative estimate of drug-likeness (QED) is 0.821. The number of amides is 2. The van der Waals surface area contributed by atoms with Gasteiger partial charge in [-0.15, -0.1) is 0 Å². The SMILES string of the molecule is CC(C(=O)O)c1ccc(N2CC(=O)N(C)C(=O)C2)cc1. The van der Waals surface area contributed by atoms with Crippen LogP contribution in [0.1, 0.15) is 18.4 Å². The number of carboxylic acid groups (broad SMARTS) is 1.